The molecule has 0 fully saturated rings. The van der Waals surface area contributed by atoms with Crippen molar-refractivity contribution >= 4 is 18.3 Å². The third-order valence-corrected chi connectivity index (χ3v) is 2.71. The molecule has 1 rings (SSSR count). The standard InChI is InChI=1S/C12H18FNS/c1-2-14(8-3-4-9-15)12-7-5-6-11(13)10-12/h5-7,10,15H,2-4,8-9H2,1H3. The van der Waals surface area contributed by atoms with E-state index >= 15 is 0 Å². The summed E-state index contributed by atoms with van der Waals surface area (Å²) >= 11 is 4.18. The van der Waals surface area contributed by atoms with E-state index in [1.54, 1.807) is 12.1 Å². The van der Waals surface area contributed by atoms with Gasteiger partial charge in [-0.05, 0) is 43.7 Å². The van der Waals surface area contributed by atoms with E-state index in [0.717, 1.165) is 37.4 Å². The third kappa shape index (κ3) is 4.12. The Balaban J connectivity index is 2.57. The van der Waals surface area contributed by atoms with Crippen LogP contribution < -0.4 is 4.90 Å². The van der Waals surface area contributed by atoms with E-state index in [2.05, 4.69) is 24.5 Å². The van der Waals surface area contributed by atoms with Crippen LogP contribution in [-0.2, 0) is 0 Å². The number of benzene rings is 1. The molecule has 1 aromatic rings. The van der Waals surface area contributed by atoms with Crippen molar-refractivity contribution in [1.29, 1.82) is 0 Å². The summed E-state index contributed by atoms with van der Waals surface area (Å²) in [6.07, 6.45) is 2.21. The number of rotatable bonds is 6. The highest BCUT2D eigenvalue weighted by Gasteiger charge is 2.04. The van der Waals surface area contributed by atoms with Crippen LogP contribution >= 0.6 is 12.6 Å². The van der Waals surface area contributed by atoms with Gasteiger partial charge in [-0.1, -0.05) is 6.07 Å². The number of unbranched alkanes of at least 4 members (excludes halogenated alkanes) is 1. The van der Waals surface area contributed by atoms with Gasteiger partial charge in [0.25, 0.3) is 0 Å². The summed E-state index contributed by atoms with van der Waals surface area (Å²) in [6, 6.07) is 6.77. The zero-order chi connectivity index (χ0) is 11.1. The van der Waals surface area contributed by atoms with Crippen LogP contribution in [0.2, 0.25) is 0 Å². The molecule has 0 bridgehead atoms. The summed E-state index contributed by atoms with van der Waals surface area (Å²) in [6.45, 7) is 3.97. The first kappa shape index (κ1) is 12.4. The van der Waals surface area contributed by atoms with E-state index in [4.69, 9.17) is 0 Å². The van der Waals surface area contributed by atoms with Crippen LogP contribution in [0.4, 0.5) is 10.1 Å². The SMILES string of the molecule is CCN(CCCCS)c1cccc(F)c1. The summed E-state index contributed by atoms with van der Waals surface area (Å²) in [4.78, 5) is 2.19. The second-order valence-corrected chi connectivity index (χ2v) is 3.94. The van der Waals surface area contributed by atoms with E-state index in [-0.39, 0.29) is 5.82 Å². The maximum Gasteiger partial charge on any atom is 0.125 e. The fourth-order valence-corrected chi connectivity index (χ4v) is 1.78. The summed E-state index contributed by atoms with van der Waals surface area (Å²) < 4.78 is 13.0. The number of nitrogens with zero attached hydrogens (tertiary/aromatic N) is 1. The van der Waals surface area contributed by atoms with Crippen molar-refractivity contribution < 1.29 is 4.39 Å². The van der Waals surface area contributed by atoms with Gasteiger partial charge in [-0.15, -0.1) is 0 Å². The molecule has 84 valence electrons. The monoisotopic (exact) mass is 227 g/mol. The molecular weight excluding hydrogens is 209 g/mol. The Morgan fingerprint density at radius 3 is 2.73 bits per heavy atom. The van der Waals surface area contributed by atoms with Crippen LogP contribution in [-0.4, -0.2) is 18.8 Å². The van der Waals surface area contributed by atoms with E-state index in [1.165, 1.54) is 6.07 Å². The second-order valence-electron chi connectivity index (χ2n) is 3.49. The quantitative estimate of drug-likeness (QED) is 0.576. The molecule has 1 aromatic carbocycles. The molecule has 0 amide bonds. The lowest BCUT2D eigenvalue weighted by Crippen LogP contribution is -2.23. The Labute approximate surface area is 96.7 Å². The average Bonchev–Trinajstić information content (AvgIpc) is 2.24. The Bertz CT molecular complexity index is 291. The van der Waals surface area contributed by atoms with E-state index in [1.807, 2.05) is 6.07 Å². The first-order chi connectivity index (χ1) is 7.27. The molecular formula is C12H18FNS. The molecule has 0 aliphatic carbocycles. The predicted octanol–water partition coefficient (Wildman–Crippen LogP) is 3.36. The van der Waals surface area contributed by atoms with Gasteiger partial charge in [0.1, 0.15) is 5.82 Å². The Morgan fingerprint density at radius 2 is 2.13 bits per heavy atom. The number of hydrogen-bond donors (Lipinski definition) is 1. The molecule has 3 heteroatoms. The van der Waals surface area contributed by atoms with Crippen LogP contribution in [0.5, 0.6) is 0 Å². The molecule has 0 spiro atoms. The molecule has 15 heavy (non-hydrogen) atoms. The number of hydrogen-bond acceptors (Lipinski definition) is 2. The number of halogens is 1. The topological polar surface area (TPSA) is 3.24 Å². The highest BCUT2D eigenvalue weighted by atomic mass is 32.1. The van der Waals surface area contributed by atoms with Crippen LogP contribution in [0, 0.1) is 5.82 Å². The zero-order valence-electron chi connectivity index (χ0n) is 9.12. The van der Waals surface area contributed by atoms with Gasteiger partial charge >= 0.3 is 0 Å². The highest BCUT2D eigenvalue weighted by molar-refractivity contribution is 7.80. The fourth-order valence-electron chi connectivity index (χ4n) is 1.56. The summed E-state index contributed by atoms with van der Waals surface area (Å²) in [5.74, 6) is 0.751. The first-order valence-corrected chi connectivity index (χ1v) is 6.02. The lowest BCUT2D eigenvalue weighted by molar-refractivity contribution is 0.626. The van der Waals surface area contributed by atoms with Crippen molar-refractivity contribution in [2.75, 3.05) is 23.7 Å². The van der Waals surface area contributed by atoms with Crippen molar-refractivity contribution in [2.24, 2.45) is 0 Å². The summed E-state index contributed by atoms with van der Waals surface area (Å²) in [7, 11) is 0. The largest absolute Gasteiger partial charge is 0.372 e. The van der Waals surface area contributed by atoms with E-state index in [9.17, 15) is 4.39 Å². The predicted molar refractivity (Wildman–Crippen MR) is 67.4 cm³/mol. The zero-order valence-corrected chi connectivity index (χ0v) is 10.0. The highest BCUT2D eigenvalue weighted by Crippen LogP contribution is 2.15. The minimum Gasteiger partial charge on any atom is -0.372 e. The Hall–Kier alpha value is -0.700. The fraction of sp³-hybridized carbons (Fsp3) is 0.500. The summed E-state index contributed by atoms with van der Waals surface area (Å²) in [5, 5.41) is 0. The van der Waals surface area contributed by atoms with Crippen molar-refractivity contribution in [1.82, 2.24) is 0 Å². The van der Waals surface area contributed by atoms with Crippen molar-refractivity contribution in [3.05, 3.63) is 30.1 Å². The van der Waals surface area contributed by atoms with Crippen molar-refractivity contribution in [3.8, 4) is 0 Å². The van der Waals surface area contributed by atoms with Gasteiger partial charge in [0.15, 0.2) is 0 Å². The number of anilines is 1. The lowest BCUT2D eigenvalue weighted by atomic mass is 10.2. The minimum absolute atomic E-state index is 0.167. The smallest absolute Gasteiger partial charge is 0.125 e. The van der Waals surface area contributed by atoms with E-state index < -0.39 is 0 Å². The molecule has 0 saturated carbocycles. The first-order valence-electron chi connectivity index (χ1n) is 5.39. The maximum atomic E-state index is 13.0. The Morgan fingerprint density at radius 1 is 1.33 bits per heavy atom. The van der Waals surface area contributed by atoms with Gasteiger partial charge in [0.05, 0.1) is 0 Å². The molecule has 0 saturated heterocycles. The molecule has 0 aliphatic rings. The summed E-state index contributed by atoms with van der Waals surface area (Å²) in [5.41, 5.74) is 0.969. The molecule has 1 nitrogen and oxygen atoms in total. The molecule has 0 N–H and O–H groups in total. The molecule has 0 aromatic heterocycles. The normalized spacial score (nSPS) is 10.3. The average molecular weight is 227 g/mol. The van der Waals surface area contributed by atoms with Crippen molar-refractivity contribution in [2.45, 2.75) is 19.8 Å². The van der Waals surface area contributed by atoms with Crippen LogP contribution in [0.3, 0.4) is 0 Å². The van der Waals surface area contributed by atoms with Gasteiger partial charge in [0.2, 0.25) is 0 Å². The number of thiol groups is 1. The molecule has 0 atom stereocenters. The van der Waals surface area contributed by atoms with Crippen LogP contribution in [0.15, 0.2) is 24.3 Å². The maximum absolute atomic E-state index is 13.0. The van der Waals surface area contributed by atoms with Gasteiger partial charge in [-0.2, -0.15) is 12.6 Å². The molecule has 0 unspecified atom stereocenters. The molecule has 0 heterocycles. The second kappa shape index (κ2) is 6.72. The van der Waals surface area contributed by atoms with E-state index in [0.29, 0.717) is 0 Å². The van der Waals surface area contributed by atoms with Gasteiger partial charge < -0.3 is 4.90 Å². The van der Waals surface area contributed by atoms with Gasteiger partial charge in [-0.3, -0.25) is 0 Å². The Kier molecular flexibility index (Phi) is 5.54. The minimum atomic E-state index is -0.167. The van der Waals surface area contributed by atoms with Crippen LogP contribution in [0.25, 0.3) is 0 Å². The van der Waals surface area contributed by atoms with Crippen molar-refractivity contribution in [3.63, 3.8) is 0 Å². The lowest BCUT2D eigenvalue weighted by Gasteiger charge is -2.22. The molecule has 0 radical (unpaired) electrons. The third-order valence-electron chi connectivity index (χ3n) is 2.39. The molecule has 0 aliphatic heterocycles. The van der Waals surface area contributed by atoms with Crippen LogP contribution in [0.1, 0.15) is 19.8 Å². The van der Waals surface area contributed by atoms with Gasteiger partial charge in [-0.25, -0.2) is 4.39 Å². The van der Waals surface area contributed by atoms with Gasteiger partial charge in [0, 0.05) is 18.8 Å².